The van der Waals surface area contributed by atoms with Gasteiger partial charge in [0.25, 0.3) is 0 Å². The third-order valence-electron chi connectivity index (χ3n) is 6.53. The summed E-state index contributed by atoms with van der Waals surface area (Å²) in [6, 6.07) is 18.4. The lowest BCUT2D eigenvalue weighted by molar-refractivity contribution is 0.0256. The van der Waals surface area contributed by atoms with Crippen LogP contribution < -0.4 is 15.0 Å². The number of hydrogen-bond acceptors (Lipinski definition) is 8. The first-order chi connectivity index (χ1) is 17.3. The number of β-amino-alcohol motifs (C(OH)–C–C–N with tert-alkyl or cyclic N) is 1. The van der Waals surface area contributed by atoms with Crippen molar-refractivity contribution in [3.63, 3.8) is 0 Å². The number of aromatic nitrogens is 2. The first-order valence-corrected chi connectivity index (χ1v) is 12.4. The lowest BCUT2D eigenvalue weighted by Crippen LogP contribution is -2.47. The summed E-state index contributed by atoms with van der Waals surface area (Å²) in [5.41, 5.74) is 4.01. The lowest BCUT2D eigenvalue weighted by Gasteiger charge is -2.35. The van der Waals surface area contributed by atoms with Gasteiger partial charge >= 0.3 is 0 Å². The first kappa shape index (κ1) is 23.5. The second-order valence-corrected chi connectivity index (χ2v) is 8.95. The summed E-state index contributed by atoms with van der Waals surface area (Å²) in [4.78, 5) is 13.8. The van der Waals surface area contributed by atoms with Crippen LogP contribution in [0.5, 0.6) is 5.75 Å². The predicted molar refractivity (Wildman–Crippen MR) is 137 cm³/mol. The number of anilines is 3. The fourth-order valence-electron chi connectivity index (χ4n) is 4.55. The van der Waals surface area contributed by atoms with Gasteiger partial charge in [-0.1, -0.05) is 6.07 Å². The standard InChI is InChI=1S/C27H33N5O3/c33-17-16-31-12-14-32(15-13-31)23-3-1-2-22(20-23)29-27-28-11-8-26(30-27)21-4-6-24(7-5-21)35-25-9-18-34-19-10-25/h1-8,11,20,25,33H,9-10,12-19H2,(H,28,29,30). The number of piperazine rings is 1. The van der Waals surface area contributed by atoms with Crippen LogP contribution in [0.25, 0.3) is 11.3 Å². The van der Waals surface area contributed by atoms with Gasteiger partial charge in [-0.3, -0.25) is 4.90 Å². The molecule has 8 nitrogen and oxygen atoms in total. The molecule has 2 N–H and O–H groups in total. The number of benzene rings is 2. The minimum atomic E-state index is 0.215. The molecule has 0 amide bonds. The first-order valence-electron chi connectivity index (χ1n) is 12.4. The van der Waals surface area contributed by atoms with E-state index in [0.29, 0.717) is 5.95 Å². The van der Waals surface area contributed by atoms with Crippen molar-refractivity contribution in [2.75, 3.05) is 62.8 Å². The van der Waals surface area contributed by atoms with Crippen molar-refractivity contribution in [1.82, 2.24) is 14.9 Å². The van der Waals surface area contributed by atoms with Crippen LogP contribution in [-0.4, -0.2) is 78.6 Å². The average molecular weight is 476 g/mol. The van der Waals surface area contributed by atoms with E-state index >= 15 is 0 Å². The Hall–Kier alpha value is -3.20. The Labute approximate surface area is 206 Å². The van der Waals surface area contributed by atoms with Crippen molar-refractivity contribution < 1.29 is 14.6 Å². The molecule has 184 valence electrons. The fourth-order valence-corrected chi connectivity index (χ4v) is 4.55. The molecule has 3 aromatic rings. The number of aliphatic hydroxyl groups excluding tert-OH is 1. The van der Waals surface area contributed by atoms with E-state index in [9.17, 15) is 0 Å². The predicted octanol–water partition coefficient (Wildman–Crippen LogP) is 3.56. The maximum Gasteiger partial charge on any atom is 0.227 e. The molecule has 2 saturated heterocycles. The van der Waals surface area contributed by atoms with Crippen molar-refractivity contribution in [2.24, 2.45) is 0 Å². The molecule has 8 heteroatoms. The van der Waals surface area contributed by atoms with Crippen LogP contribution in [-0.2, 0) is 4.74 Å². The molecule has 5 rings (SSSR count). The van der Waals surface area contributed by atoms with E-state index in [1.165, 1.54) is 5.69 Å². The van der Waals surface area contributed by atoms with Gasteiger partial charge in [0.15, 0.2) is 0 Å². The summed E-state index contributed by atoms with van der Waals surface area (Å²) < 4.78 is 11.5. The zero-order valence-corrected chi connectivity index (χ0v) is 20.0. The third-order valence-corrected chi connectivity index (χ3v) is 6.53. The molecule has 0 bridgehead atoms. The normalized spacial score (nSPS) is 17.3. The Balaban J connectivity index is 1.22. The van der Waals surface area contributed by atoms with Gasteiger partial charge < -0.3 is 24.8 Å². The third kappa shape index (κ3) is 6.28. The second-order valence-electron chi connectivity index (χ2n) is 8.95. The van der Waals surface area contributed by atoms with Gasteiger partial charge in [0.05, 0.1) is 25.5 Å². The number of ether oxygens (including phenoxy) is 2. The SMILES string of the molecule is OCCN1CCN(c2cccc(Nc3nccc(-c4ccc(OC5CCOCC5)cc4)n3)c2)CC1. The van der Waals surface area contributed by atoms with E-state index in [1.807, 2.05) is 36.4 Å². The summed E-state index contributed by atoms with van der Waals surface area (Å²) in [5, 5.41) is 12.5. The van der Waals surface area contributed by atoms with Gasteiger partial charge in [0.2, 0.25) is 5.95 Å². The van der Waals surface area contributed by atoms with Gasteiger partial charge in [0, 0.05) is 68.7 Å². The lowest BCUT2D eigenvalue weighted by atomic mass is 10.1. The summed E-state index contributed by atoms with van der Waals surface area (Å²) >= 11 is 0. The van der Waals surface area contributed by atoms with E-state index in [2.05, 4.69) is 38.3 Å². The van der Waals surface area contributed by atoms with Crippen LogP contribution in [0.15, 0.2) is 60.8 Å². The van der Waals surface area contributed by atoms with Gasteiger partial charge in [-0.05, 0) is 48.5 Å². The number of aliphatic hydroxyl groups is 1. The highest BCUT2D eigenvalue weighted by Crippen LogP contribution is 2.26. The summed E-state index contributed by atoms with van der Waals surface area (Å²) in [6.07, 6.45) is 3.87. The highest BCUT2D eigenvalue weighted by atomic mass is 16.5. The summed E-state index contributed by atoms with van der Waals surface area (Å²) in [6.45, 7) is 6.31. The molecule has 0 atom stereocenters. The average Bonchev–Trinajstić information content (AvgIpc) is 2.91. The van der Waals surface area contributed by atoms with Crippen molar-refractivity contribution in [2.45, 2.75) is 18.9 Å². The number of hydrogen-bond donors (Lipinski definition) is 2. The Bertz CT molecular complexity index is 1080. The number of nitrogens with one attached hydrogen (secondary N) is 1. The van der Waals surface area contributed by atoms with Crippen LogP contribution in [0.1, 0.15) is 12.8 Å². The van der Waals surface area contributed by atoms with Crippen molar-refractivity contribution in [3.05, 3.63) is 60.8 Å². The molecule has 2 fully saturated rings. The van der Waals surface area contributed by atoms with Crippen molar-refractivity contribution >= 4 is 17.3 Å². The van der Waals surface area contributed by atoms with Gasteiger partial charge in [-0.25, -0.2) is 9.97 Å². The zero-order valence-electron chi connectivity index (χ0n) is 20.0. The molecule has 0 saturated carbocycles. The van der Waals surface area contributed by atoms with Crippen LogP contribution in [0.3, 0.4) is 0 Å². The van der Waals surface area contributed by atoms with Crippen molar-refractivity contribution in [1.29, 1.82) is 0 Å². The Morgan fingerprint density at radius 2 is 1.80 bits per heavy atom. The Kier molecular flexibility index (Phi) is 7.72. The molecule has 0 spiro atoms. The monoisotopic (exact) mass is 475 g/mol. The van der Waals surface area contributed by atoms with E-state index in [4.69, 9.17) is 19.6 Å². The second kappa shape index (κ2) is 11.5. The highest BCUT2D eigenvalue weighted by Gasteiger charge is 2.17. The molecule has 1 aromatic heterocycles. The summed E-state index contributed by atoms with van der Waals surface area (Å²) in [5.74, 6) is 1.44. The zero-order chi connectivity index (χ0) is 23.9. The Morgan fingerprint density at radius 3 is 2.57 bits per heavy atom. The van der Waals surface area contributed by atoms with Gasteiger partial charge in [0.1, 0.15) is 11.9 Å². The Morgan fingerprint density at radius 1 is 1.00 bits per heavy atom. The van der Waals surface area contributed by atoms with E-state index < -0.39 is 0 Å². The molecule has 0 unspecified atom stereocenters. The van der Waals surface area contributed by atoms with E-state index in [-0.39, 0.29) is 12.7 Å². The van der Waals surface area contributed by atoms with Gasteiger partial charge in [-0.15, -0.1) is 0 Å². The number of nitrogens with zero attached hydrogens (tertiary/aromatic N) is 4. The topological polar surface area (TPSA) is 83.0 Å². The molecule has 35 heavy (non-hydrogen) atoms. The molecular formula is C27H33N5O3. The van der Waals surface area contributed by atoms with E-state index in [1.54, 1.807) is 6.20 Å². The maximum absolute atomic E-state index is 9.16. The van der Waals surface area contributed by atoms with Crippen molar-refractivity contribution in [3.8, 4) is 17.0 Å². The smallest absolute Gasteiger partial charge is 0.227 e. The minimum Gasteiger partial charge on any atom is -0.490 e. The van der Waals surface area contributed by atoms with Gasteiger partial charge in [-0.2, -0.15) is 0 Å². The molecule has 2 aromatic carbocycles. The van der Waals surface area contributed by atoms with Crippen LogP contribution in [0.2, 0.25) is 0 Å². The fraction of sp³-hybridized carbons (Fsp3) is 0.407. The van der Waals surface area contributed by atoms with Crippen LogP contribution in [0.4, 0.5) is 17.3 Å². The maximum atomic E-state index is 9.16. The molecule has 0 radical (unpaired) electrons. The molecule has 2 aliphatic rings. The minimum absolute atomic E-state index is 0.215. The van der Waals surface area contributed by atoms with E-state index in [0.717, 1.165) is 81.5 Å². The largest absolute Gasteiger partial charge is 0.490 e. The molecule has 0 aliphatic carbocycles. The van der Waals surface area contributed by atoms with Crippen LogP contribution in [0, 0.1) is 0 Å². The number of rotatable bonds is 8. The van der Waals surface area contributed by atoms with Crippen LogP contribution >= 0.6 is 0 Å². The molecule has 3 heterocycles. The summed E-state index contributed by atoms with van der Waals surface area (Å²) in [7, 11) is 0. The molecule has 2 aliphatic heterocycles. The highest BCUT2D eigenvalue weighted by molar-refractivity contribution is 5.65. The quantitative estimate of drug-likeness (QED) is 0.512. The molecular weight excluding hydrogens is 442 g/mol.